The van der Waals surface area contributed by atoms with E-state index in [2.05, 4.69) is 40.8 Å². The van der Waals surface area contributed by atoms with Gasteiger partial charge in [0.1, 0.15) is 0 Å². The molecule has 154 valence electrons. The van der Waals surface area contributed by atoms with Crippen molar-refractivity contribution >= 4 is 41.3 Å². The van der Waals surface area contributed by atoms with Crippen LogP contribution in [0.25, 0.3) is 0 Å². The average Bonchev–Trinajstić information content (AvgIpc) is 3.36. The van der Waals surface area contributed by atoms with Crippen LogP contribution in [0.4, 0.5) is 0 Å². The van der Waals surface area contributed by atoms with Gasteiger partial charge >= 0.3 is 0 Å². The molecule has 1 aliphatic carbocycles. The summed E-state index contributed by atoms with van der Waals surface area (Å²) in [6, 6.07) is 2.74. The van der Waals surface area contributed by atoms with Crippen molar-refractivity contribution in [2.45, 2.75) is 52.1 Å². The van der Waals surface area contributed by atoms with Crippen molar-refractivity contribution in [2.24, 2.45) is 10.9 Å². The molecule has 1 aromatic heterocycles. The van der Waals surface area contributed by atoms with Crippen molar-refractivity contribution in [3.8, 4) is 0 Å². The Hall–Kier alpha value is -0.380. The SMILES string of the molecule is CCNC(=NCC(C)N1CCc2sccc2C1)NCCCOCC1CC1.I. The van der Waals surface area contributed by atoms with Crippen molar-refractivity contribution in [3.05, 3.63) is 21.9 Å². The van der Waals surface area contributed by atoms with Gasteiger partial charge in [-0.3, -0.25) is 9.89 Å². The van der Waals surface area contributed by atoms with Crippen LogP contribution in [0.5, 0.6) is 0 Å². The van der Waals surface area contributed by atoms with Crippen LogP contribution in [0.3, 0.4) is 0 Å². The Morgan fingerprint density at radius 1 is 1.41 bits per heavy atom. The van der Waals surface area contributed by atoms with Crippen LogP contribution in [0.1, 0.15) is 43.6 Å². The highest BCUT2D eigenvalue weighted by atomic mass is 127. The average molecular weight is 506 g/mol. The Kier molecular flexibility index (Phi) is 10.4. The van der Waals surface area contributed by atoms with Gasteiger partial charge in [0, 0.05) is 50.3 Å². The zero-order chi connectivity index (χ0) is 18.2. The largest absolute Gasteiger partial charge is 0.381 e. The first kappa shape index (κ1) is 22.9. The highest BCUT2D eigenvalue weighted by molar-refractivity contribution is 14.0. The van der Waals surface area contributed by atoms with E-state index in [1.54, 1.807) is 4.88 Å². The van der Waals surface area contributed by atoms with Crippen LogP contribution in [0.15, 0.2) is 16.4 Å². The molecule has 1 fully saturated rings. The molecule has 2 N–H and O–H groups in total. The number of thiophene rings is 1. The molecule has 5 nitrogen and oxygen atoms in total. The molecule has 1 aromatic rings. The van der Waals surface area contributed by atoms with Gasteiger partial charge in [-0.15, -0.1) is 35.3 Å². The fourth-order valence-corrected chi connectivity index (χ4v) is 4.13. The normalized spacial score (nSPS) is 18.5. The van der Waals surface area contributed by atoms with Crippen molar-refractivity contribution in [2.75, 3.05) is 39.4 Å². The number of nitrogens with zero attached hydrogens (tertiary/aromatic N) is 2. The molecule has 27 heavy (non-hydrogen) atoms. The summed E-state index contributed by atoms with van der Waals surface area (Å²) in [6.45, 7) is 11.0. The minimum atomic E-state index is 0. The quantitative estimate of drug-likeness (QED) is 0.221. The van der Waals surface area contributed by atoms with E-state index in [9.17, 15) is 0 Å². The zero-order valence-electron chi connectivity index (χ0n) is 16.7. The van der Waals surface area contributed by atoms with Crippen LogP contribution < -0.4 is 10.6 Å². The molecular weight excluding hydrogens is 471 g/mol. The van der Waals surface area contributed by atoms with E-state index in [4.69, 9.17) is 9.73 Å². The monoisotopic (exact) mass is 506 g/mol. The maximum absolute atomic E-state index is 5.69. The number of hydrogen-bond acceptors (Lipinski definition) is 4. The second-order valence-corrected chi connectivity index (χ2v) is 8.46. The predicted molar refractivity (Wildman–Crippen MR) is 125 cm³/mol. The molecule has 0 amide bonds. The maximum Gasteiger partial charge on any atom is 0.191 e. The molecule has 2 aliphatic rings. The van der Waals surface area contributed by atoms with Gasteiger partial charge in [-0.25, -0.2) is 0 Å². The zero-order valence-corrected chi connectivity index (χ0v) is 19.9. The Morgan fingerprint density at radius 2 is 2.26 bits per heavy atom. The summed E-state index contributed by atoms with van der Waals surface area (Å²) in [5, 5.41) is 9.01. The summed E-state index contributed by atoms with van der Waals surface area (Å²) in [5.74, 6) is 1.78. The second kappa shape index (κ2) is 12.2. The Labute approximate surface area is 185 Å². The maximum atomic E-state index is 5.69. The van der Waals surface area contributed by atoms with Crippen LogP contribution in [-0.2, 0) is 17.7 Å². The van der Waals surface area contributed by atoms with Gasteiger partial charge in [0.25, 0.3) is 0 Å². The van der Waals surface area contributed by atoms with Crippen LogP contribution in [0, 0.1) is 5.92 Å². The first-order valence-corrected chi connectivity index (χ1v) is 11.0. The van der Waals surface area contributed by atoms with Gasteiger partial charge in [-0.2, -0.15) is 0 Å². The summed E-state index contributed by atoms with van der Waals surface area (Å²) >= 11 is 1.90. The van der Waals surface area contributed by atoms with Gasteiger partial charge in [0.05, 0.1) is 6.54 Å². The first-order valence-electron chi connectivity index (χ1n) is 10.2. The lowest BCUT2D eigenvalue weighted by atomic mass is 10.1. The van der Waals surface area contributed by atoms with E-state index in [1.807, 2.05) is 11.3 Å². The highest BCUT2D eigenvalue weighted by Gasteiger charge is 2.21. The third kappa shape index (κ3) is 7.87. The van der Waals surface area contributed by atoms with E-state index < -0.39 is 0 Å². The predicted octanol–water partition coefficient (Wildman–Crippen LogP) is 3.48. The molecule has 7 heteroatoms. The number of aliphatic imine (C=N–C) groups is 1. The van der Waals surface area contributed by atoms with Gasteiger partial charge in [-0.1, -0.05) is 0 Å². The lowest BCUT2D eigenvalue weighted by Gasteiger charge is -2.31. The van der Waals surface area contributed by atoms with Gasteiger partial charge in [-0.05, 0) is 62.5 Å². The topological polar surface area (TPSA) is 48.9 Å². The standard InChI is InChI=1S/C20H34N4OS.HI/c1-3-21-20(22-9-4-11-25-15-17-5-6-17)23-13-16(2)24-10-7-19-18(14-24)8-12-26-19;/h8,12,16-17H,3-7,9-11,13-15H2,1-2H3,(H2,21,22,23);1H. The lowest BCUT2D eigenvalue weighted by Crippen LogP contribution is -2.41. The number of halogens is 1. The minimum Gasteiger partial charge on any atom is -0.381 e. The Bertz CT molecular complexity index is 576. The number of hydrogen-bond donors (Lipinski definition) is 2. The van der Waals surface area contributed by atoms with E-state index in [0.717, 1.165) is 64.2 Å². The molecular formula is C20H35IN4OS. The third-order valence-electron chi connectivity index (χ3n) is 5.13. The minimum absolute atomic E-state index is 0. The van der Waals surface area contributed by atoms with Gasteiger partial charge in [0.2, 0.25) is 0 Å². The number of ether oxygens (including phenoxy) is 1. The molecule has 0 aromatic carbocycles. The van der Waals surface area contributed by atoms with Crippen LogP contribution >= 0.6 is 35.3 Å². The molecule has 0 spiro atoms. The Morgan fingerprint density at radius 3 is 3.04 bits per heavy atom. The molecule has 0 saturated heterocycles. The highest BCUT2D eigenvalue weighted by Crippen LogP contribution is 2.28. The first-order chi connectivity index (χ1) is 12.8. The summed E-state index contributed by atoms with van der Waals surface area (Å²) < 4.78 is 5.69. The molecule has 0 radical (unpaired) electrons. The summed E-state index contributed by atoms with van der Waals surface area (Å²) in [6.07, 6.45) is 4.93. The fourth-order valence-electron chi connectivity index (χ4n) is 3.24. The molecule has 2 heterocycles. The number of rotatable bonds is 10. The van der Waals surface area contributed by atoms with E-state index in [-0.39, 0.29) is 24.0 Å². The van der Waals surface area contributed by atoms with Gasteiger partial charge < -0.3 is 15.4 Å². The van der Waals surface area contributed by atoms with Crippen LogP contribution in [0.2, 0.25) is 0 Å². The molecule has 0 bridgehead atoms. The van der Waals surface area contributed by atoms with E-state index in [0.29, 0.717) is 6.04 Å². The third-order valence-corrected chi connectivity index (χ3v) is 6.15. The van der Waals surface area contributed by atoms with Crippen LogP contribution in [-0.4, -0.2) is 56.3 Å². The van der Waals surface area contributed by atoms with Crippen molar-refractivity contribution in [1.82, 2.24) is 15.5 Å². The van der Waals surface area contributed by atoms with Crippen molar-refractivity contribution < 1.29 is 4.74 Å². The molecule has 1 unspecified atom stereocenters. The summed E-state index contributed by atoms with van der Waals surface area (Å²) in [7, 11) is 0. The van der Waals surface area contributed by atoms with Crippen molar-refractivity contribution in [3.63, 3.8) is 0 Å². The second-order valence-electron chi connectivity index (χ2n) is 7.46. The number of guanidine groups is 1. The van der Waals surface area contributed by atoms with Crippen molar-refractivity contribution in [1.29, 1.82) is 0 Å². The van der Waals surface area contributed by atoms with E-state index in [1.165, 1.54) is 24.8 Å². The fraction of sp³-hybridized carbons (Fsp3) is 0.750. The molecule has 1 aliphatic heterocycles. The smallest absolute Gasteiger partial charge is 0.191 e. The Balaban J connectivity index is 0.00000261. The molecule has 3 rings (SSSR count). The summed E-state index contributed by atoms with van der Waals surface area (Å²) in [4.78, 5) is 8.92. The van der Waals surface area contributed by atoms with Gasteiger partial charge in [0.15, 0.2) is 5.96 Å². The summed E-state index contributed by atoms with van der Waals surface area (Å²) in [5.41, 5.74) is 1.51. The van der Waals surface area contributed by atoms with E-state index >= 15 is 0 Å². The lowest BCUT2D eigenvalue weighted by molar-refractivity contribution is 0.123. The molecule has 1 atom stereocenters. The number of fused-ring (bicyclic) bond motifs is 1. The molecule has 1 saturated carbocycles. The number of nitrogens with one attached hydrogen (secondary N) is 2.